The van der Waals surface area contributed by atoms with Crippen molar-refractivity contribution in [2.45, 2.75) is 38.2 Å². The number of nitrogens with zero attached hydrogens (tertiary/aromatic N) is 1. The lowest BCUT2D eigenvalue weighted by Gasteiger charge is -2.42. The molecule has 1 fully saturated rings. The van der Waals surface area contributed by atoms with Crippen LogP contribution in [0.25, 0.3) is 0 Å². The topological polar surface area (TPSA) is 93.9 Å². The summed E-state index contributed by atoms with van der Waals surface area (Å²) >= 11 is 0. The van der Waals surface area contributed by atoms with Crippen LogP contribution in [0.15, 0.2) is 48.5 Å². The molecule has 0 spiro atoms. The highest BCUT2D eigenvalue weighted by Crippen LogP contribution is 2.42. The number of primary amides is 1. The number of nitrogens with one attached hydrogen (secondary N) is 1. The zero-order chi connectivity index (χ0) is 29.7. The lowest BCUT2D eigenvalue weighted by molar-refractivity contribution is -0.274. The minimum atomic E-state index is -4.85. The molecule has 1 aliphatic heterocycles. The molecule has 0 aliphatic carbocycles. The third kappa shape index (κ3) is 7.58. The predicted octanol–water partition coefficient (Wildman–Crippen LogP) is 4.96. The standard InChI is InChI=1S/C27H31F6N3O4/c1-17(2)22(16-35-20-7-9-21(10-8-20)40-27(31,32)33)25(24(34)38,15-23(37)36-11-13-39-14-12-36)18-3-5-19(6-4-18)26(28,29)30/h3-10,17,22,35H,11-16H2,1-2H3,(H2,34,38)/t22-,25+/m0/s1. The second-order valence-corrected chi connectivity index (χ2v) is 9.88. The predicted molar refractivity (Wildman–Crippen MR) is 134 cm³/mol. The van der Waals surface area contributed by atoms with Crippen LogP contribution in [0.1, 0.15) is 31.4 Å². The van der Waals surface area contributed by atoms with Gasteiger partial charge in [-0.2, -0.15) is 13.2 Å². The van der Waals surface area contributed by atoms with Gasteiger partial charge in [-0.25, -0.2) is 0 Å². The molecule has 3 rings (SSSR count). The van der Waals surface area contributed by atoms with Gasteiger partial charge in [0.25, 0.3) is 0 Å². The van der Waals surface area contributed by atoms with Gasteiger partial charge >= 0.3 is 12.5 Å². The highest BCUT2D eigenvalue weighted by atomic mass is 19.4. The Balaban J connectivity index is 1.99. The van der Waals surface area contributed by atoms with Gasteiger partial charge in [0, 0.05) is 31.7 Å². The molecule has 0 aromatic heterocycles. The van der Waals surface area contributed by atoms with E-state index in [1.54, 1.807) is 13.8 Å². The summed E-state index contributed by atoms with van der Waals surface area (Å²) in [6.07, 6.45) is -9.86. The van der Waals surface area contributed by atoms with E-state index >= 15 is 0 Å². The van der Waals surface area contributed by atoms with Crippen molar-refractivity contribution in [3.63, 3.8) is 0 Å². The molecule has 1 aliphatic rings. The quantitative estimate of drug-likeness (QED) is 0.391. The van der Waals surface area contributed by atoms with Crippen LogP contribution in [-0.2, 0) is 25.9 Å². The van der Waals surface area contributed by atoms with Crippen LogP contribution in [0.3, 0.4) is 0 Å². The van der Waals surface area contributed by atoms with Gasteiger partial charge in [0.05, 0.1) is 24.2 Å². The average molecular weight is 576 g/mol. The minimum Gasteiger partial charge on any atom is -0.406 e. The van der Waals surface area contributed by atoms with E-state index in [1.165, 1.54) is 29.2 Å². The molecule has 0 unspecified atom stereocenters. The maximum atomic E-state index is 13.4. The van der Waals surface area contributed by atoms with Gasteiger partial charge in [-0.05, 0) is 53.8 Å². The fourth-order valence-corrected chi connectivity index (χ4v) is 4.96. The van der Waals surface area contributed by atoms with Crippen LogP contribution >= 0.6 is 0 Å². The van der Waals surface area contributed by atoms with Gasteiger partial charge in [0.1, 0.15) is 5.75 Å². The minimum absolute atomic E-state index is 0.0253. The first-order valence-corrected chi connectivity index (χ1v) is 12.6. The summed E-state index contributed by atoms with van der Waals surface area (Å²) in [6.45, 7) is 4.78. The maximum Gasteiger partial charge on any atom is 0.573 e. The fraction of sp³-hybridized carbons (Fsp3) is 0.481. The van der Waals surface area contributed by atoms with Gasteiger partial charge in [-0.3, -0.25) is 9.59 Å². The van der Waals surface area contributed by atoms with E-state index in [2.05, 4.69) is 10.1 Å². The number of carbonyl (C=O) groups excluding carboxylic acids is 2. The van der Waals surface area contributed by atoms with Crippen molar-refractivity contribution >= 4 is 17.5 Å². The molecule has 7 nitrogen and oxygen atoms in total. The summed E-state index contributed by atoms with van der Waals surface area (Å²) in [6, 6.07) is 8.94. The van der Waals surface area contributed by atoms with Crippen LogP contribution in [-0.4, -0.2) is 55.9 Å². The Labute approximate surface area is 227 Å². The number of benzene rings is 2. The van der Waals surface area contributed by atoms with E-state index in [4.69, 9.17) is 10.5 Å². The van der Waals surface area contributed by atoms with Gasteiger partial charge in [0.2, 0.25) is 11.8 Å². The van der Waals surface area contributed by atoms with E-state index in [-0.39, 0.29) is 31.1 Å². The number of anilines is 1. The number of amides is 2. The van der Waals surface area contributed by atoms with Crippen molar-refractivity contribution in [1.29, 1.82) is 0 Å². The third-order valence-corrected chi connectivity index (χ3v) is 7.01. The van der Waals surface area contributed by atoms with Crippen molar-refractivity contribution in [1.82, 2.24) is 4.90 Å². The number of halogens is 6. The van der Waals surface area contributed by atoms with Crippen molar-refractivity contribution in [2.75, 3.05) is 38.2 Å². The molecular formula is C27H31F6N3O4. The average Bonchev–Trinajstić information content (AvgIpc) is 2.87. The second kappa shape index (κ2) is 12.4. The number of hydrogen-bond acceptors (Lipinski definition) is 5. The van der Waals surface area contributed by atoms with Crippen molar-refractivity contribution < 1.29 is 45.4 Å². The van der Waals surface area contributed by atoms with Crippen LogP contribution in [0.5, 0.6) is 5.75 Å². The fourth-order valence-electron chi connectivity index (χ4n) is 4.96. The monoisotopic (exact) mass is 575 g/mol. The summed E-state index contributed by atoms with van der Waals surface area (Å²) in [4.78, 5) is 28.3. The molecule has 40 heavy (non-hydrogen) atoms. The van der Waals surface area contributed by atoms with E-state index in [0.29, 0.717) is 18.9 Å². The molecular weight excluding hydrogens is 544 g/mol. The van der Waals surface area contributed by atoms with Crippen molar-refractivity contribution in [3.8, 4) is 5.75 Å². The Morgan fingerprint density at radius 3 is 1.98 bits per heavy atom. The van der Waals surface area contributed by atoms with Crippen LogP contribution in [0.4, 0.5) is 32.0 Å². The summed E-state index contributed by atoms with van der Waals surface area (Å²) in [5, 5.41) is 3.06. The van der Waals surface area contributed by atoms with Crippen molar-refractivity contribution in [2.24, 2.45) is 17.6 Å². The molecule has 2 aromatic carbocycles. The van der Waals surface area contributed by atoms with Gasteiger partial charge in [0.15, 0.2) is 0 Å². The Morgan fingerprint density at radius 2 is 1.50 bits per heavy atom. The summed E-state index contributed by atoms with van der Waals surface area (Å²) < 4.78 is 86.6. The number of rotatable bonds is 10. The summed E-state index contributed by atoms with van der Waals surface area (Å²) in [5.74, 6) is -2.74. The Hall–Kier alpha value is -3.48. The van der Waals surface area contributed by atoms with E-state index in [9.17, 15) is 35.9 Å². The first kappa shape index (κ1) is 31.1. The van der Waals surface area contributed by atoms with Crippen molar-refractivity contribution in [3.05, 3.63) is 59.7 Å². The smallest absolute Gasteiger partial charge is 0.406 e. The molecule has 1 heterocycles. The zero-order valence-electron chi connectivity index (χ0n) is 21.9. The highest BCUT2D eigenvalue weighted by Gasteiger charge is 2.49. The normalized spacial score (nSPS) is 16.8. The SMILES string of the molecule is CC(C)[C@H](CNc1ccc(OC(F)(F)F)cc1)[C@](CC(=O)N1CCOCC1)(C(N)=O)c1ccc(C(F)(F)F)cc1. The second-order valence-electron chi connectivity index (χ2n) is 9.88. The number of carbonyl (C=O) groups is 2. The van der Waals surface area contributed by atoms with E-state index in [0.717, 1.165) is 24.3 Å². The molecule has 0 saturated carbocycles. The number of morpholine rings is 1. The van der Waals surface area contributed by atoms with Crippen LogP contribution in [0, 0.1) is 11.8 Å². The molecule has 13 heteroatoms. The molecule has 2 atom stereocenters. The lowest BCUT2D eigenvalue weighted by Crippen LogP contribution is -2.55. The van der Waals surface area contributed by atoms with E-state index < -0.39 is 53.4 Å². The first-order chi connectivity index (χ1) is 18.6. The summed E-state index contributed by atoms with van der Waals surface area (Å²) in [7, 11) is 0. The molecule has 0 bridgehead atoms. The molecule has 2 aromatic rings. The largest absolute Gasteiger partial charge is 0.573 e. The lowest BCUT2D eigenvalue weighted by atomic mass is 9.63. The molecule has 1 saturated heterocycles. The van der Waals surface area contributed by atoms with Gasteiger partial charge in [-0.15, -0.1) is 13.2 Å². The number of hydrogen-bond donors (Lipinski definition) is 2. The summed E-state index contributed by atoms with van der Waals surface area (Å²) in [5.41, 5.74) is 3.90. The Kier molecular flexibility index (Phi) is 9.60. The molecule has 2 amide bonds. The molecule has 3 N–H and O–H groups in total. The highest BCUT2D eigenvalue weighted by molar-refractivity contribution is 5.93. The maximum absolute atomic E-state index is 13.4. The van der Waals surface area contributed by atoms with Gasteiger partial charge < -0.3 is 25.4 Å². The van der Waals surface area contributed by atoms with Gasteiger partial charge in [-0.1, -0.05) is 26.0 Å². The molecule has 0 radical (unpaired) electrons. The van der Waals surface area contributed by atoms with Crippen LogP contribution in [0.2, 0.25) is 0 Å². The number of ether oxygens (including phenoxy) is 2. The number of nitrogens with two attached hydrogens (primary N) is 1. The Morgan fingerprint density at radius 1 is 0.950 bits per heavy atom. The molecule has 220 valence electrons. The van der Waals surface area contributed by atoms with E-state index in [1.807, 2.05) is 0 Å². The first-order valence-electron chi connectivity index (χ1n) is 12.6. The Bertz CT molecular complexity index is 1150. The van der Waals surface area contributed by atoms with Crippen LogP contribution < -0.4 is 15.8 Å². The zero-order valence-corrected chi connectivity index (χ0v) is 21.9. The third-order valence-electron chi connectivity index (χ3n) is 7.01. The number of alkyl halides is 6.